The van der Waals surface area contributed by atoms with Gasteiger partial charge in [0.1, 0.15) is 0 Å². The molecule has 0 aromatic rings. The number of carbonyl (C=O) groups is 2. The number of unbranched alkanes of at least 4 members (excludes halogenated alkanes) is 10. The second kappa shape index (κ2) is 17.0. The highest BCUT2D eigenvalue weighted by molar-refractivity contribution is 5.99. The van der Waals surface area contributed by atoms with Crippen LogP contribution in [0.5, 0.6) is 0 Å². The van der Waals surface area contributed by atoms with Crippen molar-refractivity contribution in [2.45, 2.75) is 104 Å². The van der Waals surface area contributed by atoms with Gasteiger partial charge < -0.3 is 0 Å². The van der Waals surface area contributed by atoms with E-state index in [9.17, 15) is 9.59 Å². The van der Waals surface area contributed by atoms with Crippen molar-refractivity contribution in [1.29, 1.82) is 0 Å². The zero-order chi connectivity index (χ0) is 19.6. The number of rotatable bonds is 16. The summed E-state index contributed by atoms with van der Waals surface area (Å²) in [5, 5.41) is 17.5. The molecule has 0 atom stereocenters. The van der Waals surface area contributed by atoms with Gasteiger partial charge in [-0.1, -0.05) is 78.1 Å². The van der Waals surface area contributed by atoms with Gasteiger partial charge in [0.15, 0.2) is 0 Å². The normalized spacial score (nSPS) is 11.8. The van der Waals surface area contributed by atoms with E-state index in [1.54, 1.807) is 0 Å². The first-order valence-corrected chi connectivity index (χ1v) is 10.1. The first kappa shape index (κ1) is 24.6. The molecule has 0 fully saturated rings. The van der Waals surface area contributed by atoms with Crippen molar-refractivity contribution in [3.8, 4) is 0 Å². The first-order valence-electron chi connectivity index (χ1n) is 10.1. The maximum Gasteiger partial charge on any atom is 0.369 e. The van der Waals surface area contributed by atoms with E-state index in [0.29, 0.717) is 25.7 Å². The molecule has 2 N–H and O–H groups in total. The van der Waals surface area contributed by atoms with Crippen molar-refractivity contribution in [2.24, 2.45) is 0 Å². The van der Waals surface area contributed by atoms with Gasteiger partial charge in [-0.25, -0.2) is 9.59 Å². The molecule has 0 spiro atoms. The summed E-state index contributed by atoms with van der Waals surface area (Å²) in [7, 11) is 0. The third-order valence-corrected chi connectivity index (χ3v) is 4.58. The van der Waals surface area contributed by atoms with Crippen LogP contribution in [0.25, 0.3) is 0 Å². The molecule has 6 heteroatoms. The van der Waals surface area contributed by atoms with Crippen molar-refractivity contribution >= 4 is 11.9 Å². The predicted octanol–water partition coefficient (Wildman–Crippen LogP) is 5.82. The second-order valence-electron chi connectivity index (χ2n) is 6.75. The van der Waals surface area contributed by atoms with Crippen LogP contribution in [0, 0.1) is 0 Å². The first-order chi connectivity index (χ1) is 12.6. The molecule has 152 valence electrons. The summed E-state index contributed by atoms with van der Waals surface area (Å²) in [6.45, 7) is 4.29. The monoisotopic (exact) mass is 372 g/mol. The minimum absolute atomic E-state index is 0.107. The molecule has 0 aromatic carbocycles. The van der Waals surface area contributed by atoms with Crippen molar-refractivity contribution in [2.75, 3.05) is 0 Å². The molecule has 0 aliphatic heterocycles. The fraction of sp³-hybridized carbons (Fsp3) is 0.800. The van der Waals surface area contributed by atoms with Crippen LogP contribution in [-0.4, -0.2) is 22.5 Å². The lowest BCUT2D eigenvalue weighted by Gasteiger charge is -2.11. The Labute approximate surface area is 157 Å². The fourth-order valence-corrected chi connectivity index (χ4v) is 3.03. The molecule has 0 rings (SSSR count). The Balaban J connectivity index is 4.78. The molecule has 0 unspecified atom stereocenters. The van der Waals surface area contributed by atoms with Crippen molar-refractivity contribution in [3.05, 3.63) is 11.1 Å². The lowest BCUT2D eigenvalue weighted by atomic mass is 9.96. The molecule has 0 aliphatic rings. The van der Waals surface area contributed by atoms with Crippen LogP contribution in [0.2, 0.25) is 0 Å². The molecule has 0 amide bonds. The Kier molecular flexibility index (Phi) is 16.1. The van der Waals surface area contributed by atoms with Crippen molar-refractivity contribution < 1.29 is 29.9 Å². The highest BCUT2D eigenvalue weighted by Crippen LogP contribution is 2.22. The van der Waals surface area contributed by atoms with E-state index < -0.39 is 11.9 Å². The molecular formula is C20H36O6. The van der Waals surface area contributed by atoms with E-state index in [1.807, 2.05) is 0 Å². The van der Waals surface area contributed by atoms with Crippen LogP contribution in [-0.2, 0) is 19.4 Å². The Morgan fingerprint density at radius 1 is 0.577 bits per heavy atom. The van der Waals surface area contributed by atoms with Gasteiger partial charge in [0.05, 0.1) is 11.1 Å². The maximum atomic E-state index is 11.9. The van der Waals surface area contributed by atoms with Gasteiger partial charge in [-0.2, -0.15) is 10.5 Å². The fourth-order valence-electron chi connectivity index (χ4n) is 3.03. The molecule has 26 heavy (non-hydrogen) atoms. The van der Waals surface area contributed by atoms with Crippen molar-refractivity contribution in [3.63, 3.8) is 0 Å². The number of hydrogen-bond acceptors (Lipinski definition) is 6. The minimum atomic E-state index is -0.940. The van der Waals surface area contributed by atoms with Crippen LogP contribution in [0.15, 0.2) is 11.1 Å². The van der Waals surface area contributed by atoms with E-state index in [1.165, 1.54) is 12.8 Å². The zero-order valence-electron chi connectivity index (χ0n) is 16.4. The summed E-state index contributed by atoms with van der Waals surface area (Å²) in [6.07, 6.45) is 13.0. The number of carbonyl (C=O) groups excluding carboxylic acids is 2. The van der Waals surface area contributed by atoms with Gasteiger partial charge in [-0.05, 0) is 25.7 Å². The van der Waals surface area contributed by atoms with E-state index >= 15 is 0 Å². The Morgan fingerprint density at radius 2 is 0.885 bits per heavy atom. The molecule has 0 radical (unpaired) electrons. The highest BCUT2D eigenvalue weighted by Gasteiger charge is 2.23. The average molecular weight is 373 g/mol. The van der Waals surface area contributed by atoms with Gasteiger partial charge in [0.2, 0.25) is 0 Å². The highest BCUT2D eigenvalue weighted by atomic mass is 17.1. The third-order valence-electron chi connectivity index (χ3n) is 4.58. The molecule has 6 nitrogen and oxygen atoms in total. The summed E-state index contributed by atoms with van der Waals surface area (Å²) in [5.74, 6) is -1.88. The summed E-state index contributed by atoms with van der Waals surface area (Å²) in [5.41, 5.74) is 0.214. The van der Waals surface area contributed by atoms with Gasteiger partial charge in [0, 0.05) is 0 Å². The summed E-state index contributed by atoms with van der Waals surface area (Å²) in [6, 6.07) is 0. The van der Waals surface area contributed by atoms with Crippen LogP contribution < -0.4 is 0 Å². The molecule has 0 aromatic heterocycles. The average Bonchev–Trinajstić information content (AvgIpc) is 2.66. The van der Waals surface area contributed by atoms with Crippen LogP contribution in [0.3, 0.4) is 0 Å². The van der Waals surface area contributed by atoms with Crippen LogP contribution in [0.1, 0.15) is 104 Å². The Hall–Kier alpha value is -1.40. The van der Waals surface area contributed by atoms with E-state index in [-0.39, 0.29) is 11.1 Å². The third kappa shape index (κ3) is 11.3. The molecular weight excluding hydrogens is 336 g/mol. The Morgan fingerprint density at radius 3 is 1.19 bits per heavy atom. The van der Waals surface area contributed by atoms with Gasteiger partial charge >= 0.3 is 11.9 Å². The lowest BCUT2D eigenvalue weighted by molar-refractivity contribution is -0.232. The van der Waals surface area contributed by atoms with Crippen LogP contribution >= 0.6 is 0 Å². The maximum absolute atomic E-state index is 11.9. The van der Waals surface area contributed by atoms with E-state index in [0.717, 1.165) is 51.4 Å². The van der Waals surface area contributed by atoms with Gasteiger partial charge in [0.25, 0.3) is 0 Å². The molecule has 0 aliphatic carbocycles. The lowest BCUT2D eigenvalue weighted by Crippen LogP contribution is -2.15. The standard InChI is InChI=1S/C20H36O6/c1-3-5-7-9-11-13-15-17(19(21)25-23)18(20(22)26-24)16-14-12-10-8-6-4-2/h23-24H,3-16H2,1-2H3/b18-17+. The zero-order valence-corrected chi connectivity index (χ0v) is 16.4. The van der Waals surface area contributed by atoms with Gasteiger partial charge in [-0.15, -0.1) is 0 Å². The largest absolute Gasteiger partial charge is 0.369 e. The molecule has 0 heterocycles. The Bertz CT molecular complexity index is 379. The quantitative estimate of drug-likeness (QED) is 0.153. The van der Waals surface area contributed by atoms with Gasteiger partial charge in [-0.3, -0.25) is 9.78 Å². The SMILES string of the molecule is CCCCCCCC/C(C(=O)OO)=C(/CCCCCCCC)C(=O)OO. The summed E-state index contributed by atoms with van der Waals surface area (Å²) in [4.78, 5) is 31.5. The molecule has 0 saturated carbocycles. The summed E-state index contributed by atoms with van der Waals surface area (Å²) >= 11 is 0. The number of hydrogen-bond donors (Lipinski definition) is 2. The van der Waals surface area contributed by atoms with Crippen molar-refractivity contribution in [1.82, 2.24) is 0 Å². The van der Waals surface area contributed by atoms with E-state index in [2.05, 4.69) is 23.6 Å². The molecule has 0 saturated heterocycles. The molecule has 0 bridgehead atoms. The second-order valence-corrected chi connectivity index (χ2v) is 6.75. The smallest absolute Gasteiger partial charge is 0.296 e. The minimum Gasteiger partial charge on any atom is -0.296 e. The topological polar surface area (TPSA) is 93.1 Å². The van der Waals surface area contributed by atoms with E-state index in [4.69, 9.17) is 10.5 Å². The summed E-state index contributed by atoms with van der Waals surface area (Å²) < 4.78 is 0. The predicted molar refractivity (Wildman–Crippen MR) is 100 cm³/mol. The van der Waals surface area contributed by atoms with Crippen LogP contribution in [0.4, 0.5) is 0 Å².